The number of ether oxygens (including phenoxy) is 1. The Balaban J connectivity index is 0.00000243. The predicted molar refractivity (Wildman–Crippen MR) is 101 cm³/mol. The molecule has 1 aromatic rings. The van der Waals surface area contributed by atoms with E-state index in [2.05, 4.69) is 10.6 Å². The van der Waals surface area contributed by atoms with Crippen molar-refractivity contribution in [2.24, 2.45) is 5.92 Å². The van der Waals surface area contributed by atoms with Gasteiger partial charge in [0, 0.05) is 19.6 Å². The van der Waals surface area contributed by atoms with Crippen LogP contribution in [0.1, 0.15) is 23.2 Å². The third-order valence-electron chi connectivity index (χ3n) is 4.72. The Labute approximate surface area is 160 Å². The average Bonchev–Trinajstić information content (AvgIpc) is 3.16. The molecule has 1 atom stereocenters. The fourth-order valence-electron chi connectivity index (χ4n) is 3.25. The first-order chi connectivity index (χ1) is 12.1. The van der Waals surface area contributed by atoms with Gasteiger partial charge in [-0.2, -0.15) is 4.31 Å². The molecule has 2 aliphatic rings. The number of carbonyl (C=O) groups excluding carboxylic acids is 1. The summed E-state index contributed by atoms with van der Waals surface area (Å²) in [5.41, 5.74) is 0.207. The van der Waals surface area contributed by atoms with E-state index in [1.54, 1.807) is 18.2 Å². The lowest BCUT2D eigenvalue weighted by molar-refractivity contribution is 0.0730. The average molecular weight is 404 g/mol. The quantitative estimate of drug-likeness (QED) is 0.735. The molecule has 1 unspecified atom stereocenters. The van der Waals surface area contributed by atoms with E-state index in [0.717, 1.165) is 25.9 Å². The van der Waals surface area contributed by atoms with Crippen molar-refractivity contribution in [3.05, 3.63) is 29.8 Å². The minimum absolute atomic E-state index is 0. The largest absolute Gasteiger partial charge is 0.379 e. The smallest absolute Gasteiger partial charge is 0.252 e. The number of rotatable bonds is 6. The maximum Gasteiger partial charge on any atom is 0.252 e. The summed E-state index contributed by atoms with van der Waals surface area (Å²) in [6, 6.07) is 6.41. The second-order valence-electron chi connectivity index (χ2n) is 6.42. The Morgan fingerprint density at radius 2 is 2.00 bits per heavy atom. The minimum atomic E-state index is -3.70. The molecular formula is C17H26ClN3O4S. The highest BCUT2D eigenvalue weighted by Gasteiger charge is 2.30. The molecule has 0 bridgehead atoms. The van der Waals surface area contributed by atoms with Gasteiger partial charge < -0.3 is 15.4 Å². The van der Waals surface area contributed by atoms with Gasteiger partial charge in [-0.3, -0.25) is 4.79 Å². The molecule has 3 rings (SSSR count). The van der Waals surface area contributed by atoms with Gasteiger partial charge in [0.25, 0.3) is 5.91 Å². The monoisotopic (exact) mass is 403 g/mol. The Hall–Kier alpha value is -1.19. The second kappa shape index (κ2) is 9.66. The van der Waals surface area contributed by atoms with E-state index in [0.29, 0.717) is 38.8 Å². The molecular weight excluding hydrogens is 378 g/mol. The summed E-state index contributed by atoms with van der Waals surface area (Å²) in [5.74, 6) is 0.242. The zero-order valence-corrected chi connectivity index (χ0v) is 16.3. The first kappa shape index (κ1) is 21.1. The van der Waals surface area contributed by atoms with Crippen LogP contribution in [0.5, 0.6) is 0 Å². The van der Waals surface area contributed by atoms with Crippen molar-refractivity contribution in [2.75, 3.05) is 45.9 Å². The number of carbonyl (C=O) groups is 1. The zero-order valence-electron chi connectivity index (χ0n) is 14.6. The van der Waals surface area contributed by atoms with Crippen molar-refractivity contribution in [3.8, 4) is 0 Å². The summed E-state index contributed by atoms with van der Waals surface area (Å²) in [5, 5.41) is 6.17. The van der Waals surface area contributed by atoms with Gasteiger partial charge >= 0.3 is 0 Å². The predicted octanol–water partition coefficient (Wildman–Crippen LogP) is 0.859. The van der Waals surface area contributed by atoms with Gasteiger partial charge in [0.2, 0.25) is 10.0 Å². The number of hydrogen-bond acceptors (Lipinski definition) is 5. The van der Waals surface area contributed by atoms with Crippen LogP contribution in [0.2, 0.25) is 0 Å². The number of hydrogen-bond donors (Lipinski definition) is 2. The van der Waals surface area contributed by atoms with Crippen LogP contribution in [0.15, 0.2) is 29.2 Å². The summed E-state index contributed by atoms with van der Waals surface area (Å²) in [4.78, 5) is 12.6. The van der Waals surface area contributed by atoms with Gasteiger partial charge in [-0.15, -0.1) is 12.4 Å². The van der Waals surface area contributed by atoms with Crippen molar-refractivity contribution in [1.29, 1.82) is 0 Å². The lowest BCUT2D eigenvalue weighted by atomic mass is 10.1. The maximum atomic E-state index is 12.9. The van der Waals surface area contributed by atoms with Crippen LogP contribution in [-0.2, 0) is 14.8 Å². The molecule has 2 heterocycles. The van der Waals surface area contributed by atoms with E-state index in [4.69, 9.17) is 4.74 Å². The van der Waals surface area contributed by atoms with Crippen molar-refractivity contribution in [3.63, 3.8) is 0 Å². The van der Waals surface area contributed by atoms with E-state index >= 15 is 0 Å². The Kier molecular flexibility index (Phi) is 7.85. The van der Waals surface area contributed by atoms with Gasteiger partial charge in [0.05, 0.1) is 23.7 Å². The van der Waals surface area contributed by atoms with Crippen LogP contribution in [0.4, 0.5) is 0 Å². The summed E-state index contributed by atoms with van der Waals surface area (Å²) >= 11 is 0. The fraction of sp³-hybridized carbons (Fsp3) is 0.588. The van der Waals surface area contributed by atoms with Gasteiger partial charge in [-0.1, -0.05) is 12.1 Å². The molecule has 1 aromatic carbocycles. The second-order valence-corrected chi connectivity index (χ2v) is 8.32. The number of benzene rings is 1. The van der Waals surface area contributed by atoms with Crippen LogP contribution < -0.4 is 10.6 Å². The van der Waals surface area contributed by atoms with E-state index < -0.39 is 10.0 Å². The van der Waals surface area contributed by atoms with Gasteiger partial charge in [-0.05, 0) is 44.0 Å². The molecule has 0 radical (unpaired) electrons. The van der Waals surface area contributed by atoms with E-state index in [1.165, 1.54) is 10.4 Å². The van der Waals surface area contributed by atoms with Crippen LogP contribution in [-0.4, -0.2) is 64.6 Å². The molecule has 0 aromatic heterocycles. The molecule has 9 heteroatoms. The van der Waals surface area contributed by atoms with E-state index in [9.17, 15) is 13.2 Å². The number of halogens is 1. The molecule has 2 N–H and O–H groups in total. The molecule has 0 aliphatic carbocycles. The zero-order chi connectivity index (χ0) is 17.7. The van der Waals surface area contributed by atoms with Crippen LogP contribution >= 0.6 is 12.4 Å². The highest BCUT2D eigenvalue weighted by Crippen LogP contribution is 2.21. The first-order valence-corrected chi connectivity index (χ1v) is 10.2. The van der Waals surface area contributed by atoms with Crippen molar-refractivity contribution in [1.82, 2.24) is 14.9 Å². The Morgan fingerprint density at radius 3 is 2.69 bits per heavy atom. The Bertz CT molecular complexity index is 702. The topological polar surface area (TPSA) is 87.7 Å². The lowest BCUT2D eigenvalue weighted by Gasteiger charge is -2.26. The van der Waals surface area contributed by atoms with Crippen molar-refractivity contribution < 1.29 is 17.9 Å². The molecule has 146 valence electrons. The SMILES string of the molecule is Cl.O=C(NCCC1CCNC1)c1ccccc1S(=O)(=O)N1CCOCC1. The first-order valence-electron chi connectivity index (χ1n) is 8.75. The highest BCUT2D eigenvalue weighted by molar-refractivity contribution is 7.89. The molecule has 0 spiro atoms. The molecule has 2 aliphatic heterocycles. The third-order valence-corrected chi connectivity index (χ3v) is 6.68. The highest BCUT2D eigenvalue weighted by atomic mass is 35.5. The fourth-order valence-corrected chi connectivity index (χ4v) is 4.85. The summed E-state index contributed by atoms with van der Waals surface area (Å²) in [7, 11) is -3.70. The van der Waals surface area contributed by atoms with E-state index in [-0.39, 0.29) is 28.8 Å². The number of morpholine rings is 1. The molecule has 0 saturated carbocycles. The molecule has 2 fully saturated rings. The number of nitrogens with zero attached hydrogens (tertiary/aromatic N) is 1. The molecule has 26 heavy (non-hydrogen) atoms. The van der Waals surface area contributed by atoms with Crippen LogP contribution in [0, 0.1) is 5.92 Å². The molecule has 2 saturated heterocycles. The minimum Gasteiger partial charge on any atom is -0.379 e. The molecule has 1 amide bonds. The summed E-state index contributed by atoms with van der Waals surface area (Å²) in [6.45, 7) is 3.94. The summed E-state index contributed by atoms with van der Waals surface area (Å²) < 4.78 is 32.4. The standard InChI is InChI=1S/C17H25N3O4S.ClH/c21-17(19-8-6-14-5-7-18-13-14)15-3-1-2-4-16(15)25(22,23)20-9-11-24-12-10-20;/h1-4,14,18H,5-13H2,(H,19,21);1H. The third kappa shape index (κ3) is 4.95. The van der Waals surface area contributed by atoms with Gasteiger partial charge in [0.1, 0.15) is 0 Å². The number of nitrogens with one attached hydrogen (secondary N) is 2. The van der Waals surface area contributed by atoms with Crippen LogP contribution in [0.3, 0.4) is 0 Å². The van der Waals surface area contributed by atoms with Gasteiger partial charge in [-0.25, -0.2) is 8.42 Å². The van der Waals surface area contributed by atoms with Crippen molar-refractivity contribution in [2.45, 2.75) is 17.7 Å². The normalized spacial score (nSPS) is 21.2. The van der Waals surface area contributed by atoms with Gasteiger partial charge in [0.15, 0.2) is 0 Å². The Morgan fingerprint density at radius 1 is 1.27 bits per heavy atom. The van der Waals surface area contributed by atoms with E-state index in [1.807, 2.05) is 0 Å². The summed E-state index contributed by atoms with van der Waals surface area (Å²) in [6.07, 6.45) is 2.02. The number of sulfonamides is 1. The van der Waals surface area contributed by atoms with Crippen molar-refractivity contribution >= 4 is 28.3 Å². The lowest BCUT2D eigenvalue weighted by Crippen LogP contribution is -2.41. The molecule has 7 nitrogen and oxygen atoms in total. The van der Waals surface area contributed by atoms with Crippen LogP contribution in [0.25, 0.3) is 0 Å². The number of amides is 1. The maximum absolute atomic E-state index is 12.9.